The fourth-order valence-corrected chi connectivity index (χ4v) is 3.55. The highest BCUT2D eigenvalue weighted by molar-refractivity contribution is 6.35. The van der Waals surface area contributed by atoms with Crippen molar-refractivity contribution in [3.05, 3.63) is 45.1 Å². The summed E-state index contributed by atoms with van der Waals surface area (Å²) in [7, 11) is 0. The standard InChI is InChI=1S/C19H20Cl2N2O2/c1-5-25-19(24)17-16(13-7-6-12(20)8-15(13)21)14(9-22)11(4)23-18(17)10(2)3/h6-8,10,14,16H,5H2,1-4H3. The lowest BCUT2D eigenvalue weighted by atomic mass is 9.75. The fraction of sp³-hybridized carbons (Fsp3) is 0.421. The number of ether oxygens (including phenoxy) is 1. The van der Waals surface area contributed by atoms with E-state index in [0.717, 1.165) is 0 Å². The van der Waals surface area contributed by atoms with Crippen molar-refractivity contribution in [1.82, 2.24) is 0 Å². The van der Waals surface area contributed by atoms with Crippen LogP contribution in [0.25, 0.3) is 0 Å². The second-order valence-corrected chi connectivity index (χ2v) is 7.02. The lowest BCUT2D eigenvalue weighted by Gasteiger charge is -2.31. The Morgan fingerprint density at radius 1 is 1.40 bits per heavy atom. The zero-order chi connectivity index (χ0) is 18.7. The highest BCUT2D eigenvalue weighted by Gasteiger charge is 2.40. The van der Waals surface area contributed by atoms with Gasteiger partial charge in [0.1, 0.15) is 0 Å². The molecule has 1 aliphatic rings. The van der Waals surface area contributed by atoms with Gasteiger partial charge in [0.2, 0.25) is 0 Å². The van der Waals surface area contributed by atoms with Crippen LogP contribution in [0, 0.1) is 23.2 Å². The zero-order valence-corrected chi connectivity index (χ0v) is 16.1. The molecule has 0 N–H and O–H groups in total. The highest BCUT2D eigenvalue weighted by atomic mass is 35.5. The van der Waals surface area contributed by atoms with Gasteiger partial charge in [0, 0.05) is 21.7 Å². The smallest absolute Gasteiger partial charge is 0.336 e. The van der Waals surface area contributed by atoms with E-state index >= 15 is 0 Å². The quantitative estimate of drug-likeness (QED) is 0.679. The fourth-order valence-electron chi connectivity index (χ4n) is 3.02. The maximum absolute atomic E-state index is 12.7. The van der Waals surface area contributed by atoms with Crippen molar-refractivity contribution in [3.63, 3.8) is 0 Å². The number of nitrogens with zero attached hydrogens (tertiary/aromatic N) is 2. The Hall–Kier alpha value is -1.83. The van der Waals surface area contributed by atoms with Crippen molar-refractivity contribution >= 4 is 34.9 Å². The molecule has 132 valence electrons. The van der Waals surface area contributed by atoms with E-state index in [1.54, 1.807) is 32.0 Å². The van der Waals surface area contributed by atoms with Crippen molar-refractivity contribution in [2.45, 2.75) is 33.6 Å². The lowest BCUT2D eigenvalue weighted by molar-refractivity contribution is -0.139. The first-order valence-corrected chi connectivity index (χ1v) is 8.88. The number of carbonyl (C=O) groups is 1. The molecule has 2 atom stereocenters. The van der Waals surface area contributed by atoms with Crippen molar-refractivity contribution in [2.75, 3.05) is 6.61 Å². The second kappa shape index (κ2) is 8.03. The van der Waals surface area contributed by atoms with Gasteiger partial charge < -0.3 is 4.74 Å². The van der Waals surface area contributed by atoms with Gasteiger partial charge in [-0.3, -0.25) is 4.99 Å². The molecule has 0 saturated carbocycles. The van der Waals surface area contributed by atoms with Crippen LogP contribution in [0.5, 0.6) is 0 Å². The average molecular weight is 379 g/mol. The zero-order valence-electron chi connectivity index (χ0n) is 14.6. The molecule has 0 spiro atoms. The summed E-state index contributed by atoms with van der Waals surface area (Å²) in [6.45, 7) is 7.71. The van der Waals surface area contributed by atoms with Crippen molar-refractivity contribution in [1.29, 1.82) is 5.26 Å². The Bertz CT molecular complexity index is 791. The Balaban J connectivity index is 2.75. The van der Waals surface area contributed by atoms with E-state index in [9.17, 15) is 10.1 Å². The van der Waals surface area contributed by atoms with Gasteiger partial charge in [-0.05, 0) is 37.5 Å². The maximum atomic E-state index is 12.7. The predicted octanol–water partition coefficient (Wildman–Crippen LogP) is 5.16. The summed E-state index contributed by atoms with van der Waals surface area (Å²) in [6, 6.07) is 7.35. The SMILES string of the molecule is CCOC(=O)C1=C(C(C)C)N=C(C)C(C#N)C1c1ccc(Cl)cc1Cl. The first-order chi connectivity index (χ1) is 11.8. The molecule has 6 heteroatoms. The van der Waals surface area contributed by atoms with Gasteiger partial charge in [-0.15, -0.1) is 0 Å². The second-order valence-electron chi connectivity index (χ2n) is 6.18. The van der Waals surface area contributed by atoms with E-state index in [1.807, 2.05) is 13.8 Å². The Labute approximate surface area is 158 Å². The van der Waals surface area contributed by atoms with Crippen LogP contribution in [0.3, 0.4) is 0 Å². The molecular weight excluding hydrogens is 359 g/mol. The van der Waals surface area contributed by atoms with Crippen molar-refractivity contribution in [3.8, 4) is 6.07 Å². The molecular formula is C19H20Cl2N2O2. The molecule has 0 fully saturated rings. The van der Waals surface area contributed by atoms with E-state index in [4.69, 9.17) is 27.9 Å². The third-order valence-corrected chi connectivity index (χ3v) is 4.71. The molecule has 1 aliphatic heterocycles. The number of hydrogen-bond donors (Lipinski definition) is 0. The van der Waals surface area contributed by atoms with E-state index in [-0.39, 0.29) is 12.5 Å². The Morgan fingerprint density at radius 2 is 2.08 bits per heavy atom. The van der Waals surface area contributed by atoms with Gasteiger partial charge >= 0.3 is 5.97 Å². The summed E-state index contributed by atoms with van der Waals surface area (Å²) in [6.07, 6.45) is 0. The van der Waals surface area contributed by atoms with Crippen molar-refractivity contribution in [2.24, 2.45) is 16.8 Å². The minimum absolute atomic E-state index is 0.00238. The molecule has 1 aromatic carbocycles. The first kappa shape index (κ1) is 19.5. The van der Waals surface area contributed by atoms with Crippen LogP contribution in [-0.2, 0) is 9.53 Å². The molecule has 0 amide bonds. The van der Waals surface area contributed by atoms with Gasteiger partial charge in [0.25, 0.3) is 0 Å². The van der Waals surface area contributed by atoms with E-state index in [1.165, 1.54) is 0 Å². The van der Waals surface area contributed by atoms with Gasteiger partial charge in [0.05, 0.1) is 29.9 Å². The van der Waals surface area contributed by atoms with Crippen LogP contribution in [-0.4, -0.2) is 18.3 Å². The van der Waals surface area contributed by atoms with Gasteiger partial charge in [0.15, 0.2) is 0 Å². The minimum atomic E-state index is -0.597. The maximum Gasteiger partial charge on any atom is 0.336 e. The van der Waals surface area contributed by atoms with E-state index in [2.05, 4.69) is 11.1 Å². The number of benzene rings is 1. The lowest BCUT2D eigenvalue weighted by Crippen LogP contribution is -2.31. The normalized spacial score (nSPS) is 20.3. The summed E-state index contributed by atoms with van der Waals surface area (Å²) < 4.78 is 5.26. The molecule has 0 radical (unpaired) electrons. The Morgan fingerprint density at radius 3 is 2.60 bits per heavy atom. The third kappa shape index (κ3) is 3.89. The van der Waals surface area contributed by atoms with Gasteiger partial charge in [-0.2, -0.15) is 5.26 Å². The molecule has 25 heavy (non-hydrogen) atoms. The Kier molecular flexibility index (Phi) is 6.26. The monoisotopic (exact) mass is 378 g/mol. The van der Waals surface area contributed by atoms with Crippen LogP contribution in [0.2, 0.25) is 10.0 Å². The molecule has 1 heterocycles. The van der Waals surface area contributed by atoms with E-state index < -0.39 is 17.8 Å². The van der Waals surface area contributed by atoms with E-state index in [0.29, 0.717) is 32.6 Å². The highest BCUT2D eigenvalue weighted by Crippen LogP contribution is 2.43. The molecule has 2 unspecified atom stereocenters. The number of hydrogen-bond acceptors (Lipinski definition) is 4. The minimum Gasteiger partial charge on any atom is -0.463 e. The number of halogens is 2. The first-order valence-electron chi connectivity index (χ1n) is 8.12. The van der Waals surface area contributed by atoms with Crippen LogP contribution in [0.15, 0.2) is 34.5 Å². The van der Waals surface area contributed by atoms with Crippen LogP contribution in [0.1, 0.15) is 39.2 Å². The predicted molar refractivity (Wildman–Crippen MR) is 99.9 cm³/mol. The number of aliphatic imine (C=N–C) groups is 1. The number of rotatable bonds is 4. The van der Waals surface area contributed by atoms with Crippen LogP contribution < -0.4 is 0 Å². The third-order valence-electron chi connectivity index (χ3n) is 4.15. The van der Waals surface area contributed by atoms with Crippen molar-refractivity contribution < 1.29 is 9.53 Å². The molecule has 2 rings (SSSR count). The average Bonchev–Trinajstić information content (AvgIpc) is 2.54. The van der Waals surface area contributed by atoms with Gasteiger partial charge in [-0.25, -0.2) is 4.79 Å². The number of esters is 1. The number of nitriles is 1. The topological polar surface area (TPSA) is 62.4 Å². The molecule has 0 saturated heterocycles. The largest absolute Gasteiger partial charge is 0.463 e. The van der Waals surface area contributed by atoms with Crippen LogP contribution >= 0.6 is 23.2 Å². The summed E-state index contributed by atoms with van der Waals surface area (Å²) in [5.41, 5.74) is 2.38. The molecule has 1 aromatic rings. The number of allylic oxidation sites excluding steroid dienone is 1. The molecule has 0 aliphatic carbocycles. The summed E-state index contributed by atoms with van der Waals surface area (Å²) >= 11 is 12.4. The summed E-state index contributed by atoms with van der Waals surface area (Å²) in [5.74, 6) is -1.59. The molecule has 0 bridgehead atoms. The van der Waals surface area contributed by atoms with Crippen LogP contribution in [0.4, 0.5) is 0 Å². The summed E-state index contributed by atoms with van der Waals surface area (Å²) in [5, 5.41) is 10.6. The molecule has 0 aromatic heterocycles. The summed E-state index contributed by atoms with van der Waals surface area (Å²) in [4.78, 5) is 17.3. The van der Waals surface area contributed by atoms with Gasteiger partial charge in [-0.1, -0.05) is 43.1 Å². The molecule has 4 nitrogen and oxygen atoms in total. The number of carbonyl (C=O) groups excluding carboxylic acids is 1.